The highest BCUT2D eigenvalue weighted by molar-refractivity contribution is 9.10. The van der Waals surface area contributed by atoms with Gasteiger partial charge in [-0.25, -0.2) is 0 Å². The van der Waals surface area contributed by atoms with E-state index in [1.54, 1.807) is 25.3 Å². The molecule has 0 heterocycles. The van der Waals surface area contributed by atoms with Crippen molar-refractivity contribution in [2.45, 2.75) is 13.0 Å². The van der Waals surface area contributed by atoms with Crippen LogP contribution in [0.15, 0.2) is 40.9 Å². The topological polar surface area (TPSA) is 45.0 Å². The van der Waals surface area contributed by atoms with Crippen LogP contribution >= 0.6 is 27.5 Å². The molecule has 0 aliphatic carbocycles. The molecule has 0 aromatic heterocycles. The first-order valence-electron chi connectivity index (χ1n) is 6.34. The van der Waals surface area contributed by atoms with Crippen LogP contribution in [0.25, 0.3) is 0 Å². The second kappa shape index (κ2) is 6.84. The second-order valence-corrected chi connectivity index (χ2v) is 5.83. The fourth-order valence-electron chi connectivity index (χ4n) is 1.97. The molecule has 0 saturated heterocycles. The molecule has 1 unspecified atom stereocenters. The van der Waals surface area contributed by atoms with Gasteiger partial charge in [0.05, 0.1) is 33.9 Å². The van der Waals surface area contributed by atoms with E-state index in [0.717, 1.165) is 21.5 Å². The predicted molar refractivity (Wildman–Crippen MR) is 88.9 cm³/mol. The number of hydrogen-bond donors (Lipinski definition) is 1. The van der Waals surface area contributed by atoms with E-state index in [4.69, 9.17) is 21.6 Å². The number of nitrogens with one attached hydrogen (secondary N) is 1. The maximum absolute atomic E-state index is 8.96. The number of rotatable bonds is 4. The van der Waals surface area contributed by atoms with Crippen molar-refractivity contribution in [1.29, 1.82) is 5.26 Å². The molecule has 0 saturated carbocycles. The Labute approximate surface area is 137 Å². The highest BCUT2D eigenvalue weighted by atomic mass is 79.9. The average Bonchev–Trinajstić information content (AvgIpc) is 2.49. The predicted octanol–water partition coefficient (Wildman–Crippen LogP) is 5.16. The van der Waals surface area contributed by atoms with E-state index in [1.807, 2.05) is 25.1 Å². The van der Waals surface area contributed by atoms with Gasteiger partial charge in [0.2, 0.25) is 0 Å². The summed E-state index contributed by atoms with van der Waals surface area (Å²) in [7, 11) is 1.63. The molecule has 0 spiro atoms. The molecule has 1 atom stereocenters. The lowest BCUT2D eigenvalue weighted by molar-refractivity contribution is 0.412. The molecule has 2 rings (SSSR count). The largest absolute Gasteiger partial charge is 0.496 e. The number of anilines is 1. The Balaban J connectivity index is 2.24. The van der Waals surface area contributed by atoms with Crippen LogP contribution in [0.4, 0.5) is 5.69 Å². The molecule has 0 bridgehead atoms. The zero-order valence-electron chi connectivity index (χ0n) is 11.7. The zero-order valence-corrected chi connectivity index (χ0v) is 14.0. The molecule has 0 amide bonds. The van der Waals surface area contributed by atoms with Crippen LogP contribution in [-0.2, 0) is 0 Å². The first kappa shape index (κ1) is 15.7. The molecule has 108 valence electrons. The summed E-state index contributed by atoms with van der Waals surface area (Å²) in [6, 6.07) is 13.2. The van der Waals surface area contributed by atoms with Gasteiger partial charge < -0.3 is 10.1 Å². The number of nitrogens with zero attached hydrogens (tertiary/aromatic N) is 1. The lowest BCUT2D eigenvalue weighted by Gasteiger charge is -2.18. The van der Waals surface area contributed by atoms with E-state index in [9.17, 15) is 0 Å². The van der Waals surface area contributed by atoms with Crippen molar-refractivity contribution in [2.75, 3.05) is 12.4 Å². The smallest absolute Gasteiger partial charge is 0.133 e. The van der Waals surface area contributed by atoms with Crippen LogP contribution in [0.5, 0.6) is 5.75 Å². The standard InChI is InChI=1S/C16H14BrClN2O/c1-10(12-4-6-16(21-2)13(17)8-12)20-15-7-11(9-19)3-5-14(15)18/h3-8,10,20H,1-2H3. The van der Waals surface area contributed by atoms with Crippen LogP contribution in [-0.4, -0.2) is 7.11 Å². The summed E-state index contributed by atoms with van der Waals surface area (Å²) in [5.74, 6) is 0.787. The molecule has 0 aliphatic heterocycles. The lowest BCUT2D eigenvalue weighted by Crippen LogP contribution is -2.07. The average molecular weight is 366 g/mol. The van der Waals surface area contributed by atoms with Crippen molar-refractivity contribution in [3.05, 3.63) is 57.0 Å². The number of benzene rings is 2. The molecular formula is C16H14BrClN2O. The van der Waals surface area contributed by atoms with Crippen molar-refractivity contribution >= 4 is 33.2 Å². The van der Waals surface area contributed by atoms with Gasteiger partial charge in [0, 0.05) is 6.04 Å². The van der Waals surface area contributed by atoms with E-state index in [-0.39, 0.29) is 6.04 Å². The van der Waals surface area contributed by atoms with E-state index in [0.29, 0.717) is 10.6 Å². The minimum absolute atomic E-state index is 0.0404. The van der Waals surface area contributed by atoms with Gasteiger partial charge in [0.1, 0.15) is 5.75 Å². The van der Waals surface area contributed by atoms with E-state index in [1.165, 1.54) is 0 Å². The summed E-state index contributed by atoms with van der Waals surface area (Å²) < 4.78 is 6.12. The fourth-order valence-corrected chi connectivity index (χ4v) is 2.70. The van der Waals surface area contributed by atoms with Gasteiger partial charge in [0.15, 0.2) is 0 Å². The maximum Gasteiger partial charge on any atom is 0.133 e. The van der Waals surface area contributed by atoms with Gasteiger partial charge in [-0.3, -0.25) is 0 Å². The van der Waals surface area contributed by atoms with Crippen molar-refractivity contribution in [1.82, 2.24) is 0 Å². The highest BCUT2D eigenvalue weighted by Crippen LogP contribution is 2.31. The van der Waals surface area contributed by atoms with Crippen molar-refractivity contribution in [3.8, 4) is 11.8 Å². The third-order valence-electron chi connectivity index (χ3n) is 3.14. The normalized spacial score (nSPS) is 11.6. The van der Waals surface area contributed by atoms with Crippen molar-refractivity contribution < 1.29 is 4.74 Å². The number of ether oxygens (including phenoxy) is 1. The molecule has 2 aromatic rings. The van der Waals surface area contributed by atoms with Crippen LogP contribution in [0.2, 0.25) is 5.02 Å². The van der Waals surface area contributed by atoms with Gasteiger partial charge in [0.25, 0.3) is 0 Å². The molecule has 3 nitrogen and oxygen atoms in total. The molecule has 1 N–H and O–H groups in total. The van der Waals surface area contributed by atoms with Gasteiger partial charge >= 0.3 is 0 Å². The fraction of sp³-hybridized carbons (Fsp3) is 0.188. The van der Waals surface area contributed by atoms with Gasteiger partial charge in [-0.15, -0.1) is 0 Å². The summed E-state index contributed by atoms with van der Waals surface area (Å²) in [4.78, 5) is 0. The number of nitriles is 1. The first-order valence-corrected chi connectivity index (χ1v) is 7.52. The Kier molecular flexibility index (Phi) is 5.11. The van der Waals surface area contributed by atoms with Gasteiger partial charge in [-0.2, -0.15) is 5.26 Å². The minimum Gasteiger partial charge on any atom is -0.496 e. The van der Waals surface area contributed by atoms with Crippen LogP contribution in [0.1, 0.15) is 24.1 Å². The van der Waals surface area contributed by atoms with Gasteiger partial charge in [-0.1, -0.05) is 17.7 Å². The summed E-state index contributed by atoms with van der Waals surface area (Å²) >= 11 is 9.64. The molecule has 0 aliphatic rings. The second-order valence-electron chi connectivity index (χ2n) is 4.57. The van der Waals surface area contributed by atoms with Crippen LogP contribution < -0.4 is 10.1 Å². The number of methoxy groups -OCH3 is 1. The molecule has 2 aromatic carbocycles. The van der Waals surface area contributed by atoms with Gasteiger partial charge in [-0.05, 0) is 58.7 Å². The third-order valence-corrected chi connectivity index (χ3v) is 4.09. The molecule has 0 fully saturated rings. The van der Waals surface area contributed by atoms with Crippen molar-refractivity contribution in [2.24, 2.45) is 0 Å². The molecule has 21 heavy (non-hydrogen) atoms. The quantitative estimate of drug-likeness (QED) is 0.814. The summed E-state index contributed by atoms with van der Waals surface area (Å²) in [6.07, 6.45) is 0. The van der Waals surface area contributed by atoms with E-state index in [2.05, 4.69) is 27.3 Å². The SMILES string of the molecule is COc1ccc(C(C)Nc2cc(C#N)ccc2Cl)cc1Br. The molecule has 5 heteroatoms. The Morgan fingerprint density at radius 2 is 2.05 bits per heavy atom. The number of hydrogen-bond acceptors (Lipinski definition) is 3. The molecular weight excluding hydrogens is 352 g/mol. The minimum atomic E-state index is 0.0404. The highest BCUT2D eigenvalue weighted by Gasteiger charge is 2.10. The maximum atomic E-state index is 8.96. The van der Waals surface area contributed by atoms with Crippen LogP contribution in [0, 0.1) is 11.3 Å². The Hall–Kier alpha value is -1.70. The Bertz CT molecular complexity index is 697. The zero-order chi connectivity index (χ0) is 15.4. The van der Waals surface area contributed by atoms with Crippen molar-refractivity contribution in [3.63, 3.8) is 0 Å². The summed E-state index contributed by atoms with van der Waals surface area (Å²) in [5, 5.41) is 12.9. The number of halogens is 2. The monoisotopic (exact) mass is 364 g/mol. The lowest BCUT2D eigenvalue weighted by atomic mass is 10.1. The first-order chi connectivity index (χ1) is 10.0. The molecule has 0 radical (unpaired) electrons. The Morgan fingerprint density at radius 3 is 2.67 bits per heavy atom. The Morgan fingerprint density at radius 1 is 1.29 bits per heavy atom. The summed E-state index contributed by atoms with van der Waals surface area (Å²) in [6.45, 7) is 2.03. The third kappa shape index (κ3) is 3.69. The van der Waals surface area contributed by atoms with E-state index < -0.39 is 0 Å². The van der Waals surface area contributed by atoms with E-state index >= 15 is 0 Å². The van der Waals surface area contributed by atoms with Crippen LogP contribution in [0.3, 0.4) is 0 Å². The summed E-state index contributed by atoms with van der Waals surface area (Å²) in [5.41, 5.74) is 2.40.